The van der Waals surface area contributed by atoms with Crippen molar-refractivity contribution in [3.05, 3.63) is 0 Å². The van der Waals surface area contributed by atoms with Gasteiger partial charge in [0.05, 0.1) is 0 Å². The summed E-state index contributed by atoms with van der Waals surface area (Å²) in [6.45, 7) is 3.43. The van der Waals surface area contributed by atoms with Crippen molar-refractivity contribution in [2.45, 2.75) is 13.1 Å². The molecular formula is C6H22O5SiTi. The number of rotatable bonds is 1. The summed E-state index contributed by atoms with van der Waals surface area (Å²) in [4.78, 5) is 8.74. The van der Waals surface area contributed by atoms with Crippen LogP contribution in [0.2, 0.25) is 13.1 Å². The van der Waals surface area contributed by atoms with Crippen molar-refractivity contribution in [2.24, 2.45) is 0 Å². The number of aliphatic hydroxyl groups is 3. The fourth-order valence-electron chi connectivity index (χ4n) is 0. The summed E-state index contributed by atoms with van der Waals surface area (Å²) in [6.07, 6.45) is 0. The van der Waals surface area contributed by atoms with Gasteiger partial charge in [-0.25, -0.2) is 0 Å². The summed E-state index contributed by atoms with van der Waals surface area (Å²) in [7, 11) is 2.39. The molecule has 4 N–H and O–H groups in total. The maximum Gasteiger partial charge on any atom is 0.328 e. The summed E-state index contributed by atoms with van der Waals surface area (Å²) in [5.74, 6) is 0. The van der Waals surface area contributed by atoms with Gasteiger partial charge in [0.15, 0.2) is 0 Å². The molecule has 0 atom stereocenters. The van der Waals surface area contributed by atoms with E-state index in [1.165, 1.54) is 7.11 Å². The molecule has 0 rings (SSSR count). The van der Waals surface area contributed by atoms with Gasteiger partial charge >= 0.3 is 8.56 Å². The topological polar surface area (TPSA) is 90.2 Å². The minimum absolute atomic E-state index is 0. The van der Waals surface area contributed by atoms with E-state index in [1.54, 1.807) is 13.1 Å². The molecule has 0 aliphatic carbocycles. The fourth-order valence-corrected chi connectivity index (χ4v) is 0. The maximum absolute atomic E-state index is 8.74. The summed E-state index contributed by atoms with van der Waals surface area (Å²) in [5, 5.41) is 21.0. The van der Waals surface area contributed by atoms with Gasteiger partial charge in [0.25, 0.3) is 0 Å². The zero-order chi connectivity index (χ0) is 11.2. The van der Waals surface area contributed by atoms with Crippen molar-refractivity contribution in [3.63, 3.8) is 0 Å². The molecule has 0 spiro atoms. The Hall–Kier alpha value is 0.731. The molecule has 0 aromatic heterocycles. The van der Waals surface area contributed by atoms with E-state index in [2.05, 4.69) is 4.43 Å². The van der Waals surface area contributed by atoms with E-state index in [0.717, 1.165) is 21.3 Å². The minimum Gasteiger partial charge on any atom is -0.411 e. The quantitative estimate of drug-likeness (QED) is 0.455. The van der Waals surface area contributed by atoms with E-state index >= 15 is 0 Å². The molecule has 13 heavy (non-hydrogen) atoms. The van der Waals surface area contributed by atoms with Crippen LogP contribution >= 0.6 is 0 Å². The second-order valence-electron chi connectivity index (χ2n) is 1.65. The minimum atomic E-state index is -2.13. The zero-order valence-electron chi connectivity index (χ0n) is 9.20. The van der Waals surface area contributed by atoms with Crippen molar-refractivity contribution in [3.8, 4) is 0 Å². The van der Waals surface area contributed by atoms with E-state index in [9.17, 15) is 0 Å². The Balaban J connectivity index is -0.0000000263. The third-order valence-electron chi connectivity index (χ3n) is 0.500. The molecule has 0 fully saturated rings. The van der Waals surface area contributed by atoms with Crippen LogP contribution in [-0.4, -0.2) is 57.1 Å². The molecule has 0 heterocycles. The van der Waals surface area contributed by atoms with Gasteiger partial charge in [0.1, 0.15) is 0 Å². The molecule has 0 aliphatic rings. The van der Waals surface area contributed by atoms with Crippen molar-refractivity contribution in [2.75, 3.05) is 28.4 Å². The number of hydrogen-bond donors (Lipinski definition) is 4. The molecule has 7 heteroatoms. The van der Waals surface area contributed by atoms with Gasteiger partial charge in [-0.2, -0.15) is 0 Å². The molecule has 0 radical (unpaired) electrons. The van der Waals surface area contributed by atoms with Crippen LogP contribution in [0, 0.1) is 0 Å². The van der Waals surface area contributed by atoms with E-state index < -0.39 is 8.56 Å². The molecule has 0 saturated carbocycles. The van der Waals surface area contributed by atoms with E-state index in [-0.39, 0.29) is 21.7 Å². The van der Waals surface area contributed by atoms with Gasteiger partial charge in [0.2, 0.25) is 0 Å². The molecule has 0 unspecified atom stereocenters. The summed E-state index contributed by atoms with van der Waals surface area (Å²) < 4.78 is 4.63. The first kappa shape index (κ1) is 29.2. The Morgan fingerprint density at radius 1 is 0.846 bits per heavy atom. The predicted octanol–water partition coefficient (Wildman–Crippen LogP) is -0.850. The molecule has 0 bridgehead atoms. The molecule has 0 aromatic carbocycles. The average Bonchev–Trinajstić information content (AvgIpc) is 2.14. The van der Waals surface area contributed by atoms with Crippen LogP contribution in [0.25, 0.3) is 0 Å². The first-order valence-corrected chi connectivity index (χ1v) is 6.03. The monoisotopic (exact) mass is 250 g/mol. The summed E-state index contributed by atoms with van der Waals surface area (Å²) in [6, 6.07) is 0. The second-order valence-corrected chi connectivity index (χ2v) is 4.95. The third-order valence-corrected chi connectivity index (χ3v) is 1.50. The molecule has 5 nitrogen and oxygen atoms in total. The van der Waals surface area contributed by atoms with Gasteiger partial charge in [-0.05, 0) is 13.1 Å². The van der Waals surface area contributed by atoms with Crippen LogP contribution in [-0.2, 0) is 26.1 Å². The van der Waals surface area contributed by atoms with Crippen LogP contribution < -0.4 is 0 Å². The Labute approximate surface area is 96.5 Å². The van der Waals surface area contributed by atoms with E-state index in [4.69, 9.17) is 20.1 Å². The van der Waals surface area contributed by atoms with Crippen LogP contribution in [0.1, 0.15) is 0 Å². The molecular weight excluding hydrogens is 228 g/mol. The van der Waals surface area contributed by atoms with E-state index in [1.807, 2.05) is 0 Å². The van der Waals surface area contributed by atoms with Crippen molar-refractivity contribution in [1.82, 2.24) is 0 Å². The Kier molecular flexibility index (Phi) is 65.8. The average molecular weight is 250 g/mol. The van der Waals surface area contributed by atoms with E-state index in [0.29, 0.717) is 0 Å². The van der Waals surface area contributed by atoms with Crippen molar-refractivity contribution in [1.29, 1.82) is 0 Å². The largest absolute Gasteiger partial charge is 0.411 e. The SMILES string of the molecule is CO.CO.CO.CO[Si](C)(C)O.[Ti]. The fraction of sp³-hybridized carbons (Fsp3) is 1.00. The van der Waals surface area contributed by atoms with Gasteiger partial charge in [0, 0.05) is 50.2 Å². The van der Waals surface area contributed by atoms with Crippen LogP contribution in [0.3, 0.4) is 0 Å². The first-order chi connectivity index (χ1) is 5.56. The molecule has 0 amide bonds. The summed E-state index contributed by atoms with van der Waals surface area (Å²) in [5.41, 5.74) is 0. The summed E-state index contributed by atoms with van der Waals surface area (Å²) >= 11 is 0. The Bertz CT molecular complexity index is 50.8. The molecule has 0 aliphatic heterocycles. The molecule has 0 aromatic rings. The van der Waals surface area contributed by atoms with Crippen LogP contribution in [0.15, 0.2) is 0 Å². The Morgan fingerprint density at radius 2 is 0.923 bits per heavy atom. The smallest absolute Gasteiger partial charge is 0.328 e. The number of aliphatic hydroxyl groups excluding tert-OH is 3. The normalized spacial score (nSPS) is 6.92. The first-order valence-electron chi connectivity index (χ1n) is 3.18. The number of hydrogen-bond acceptors (Lipinski definition) is 5. The molecule has 0 saturated heterocycles. The van der Waals surface area contributed by atoms with Crippen LogP contribution in [0.5, 0.6) is 0 Å². The molecule has 84 valence electrons. The standard InChI is InChI=1S/C3H10O2Si.3CH4O.Ti/c1-5-6(2,3)4;3*1-2;/h4H,1-3H3;3*2H,1H3;. The predicted molar refractivity (Wildman–Crippen MR) is 51.1 cm³/mol. The van der Waals surface area contributed by atoms with Crippen molar-refractivity contribution >= 4 is 8.56 Å². The van der Waals surface area contributed by atoms with Gasteiger partial charge in [-0.1, -0.05) is 0 Å². The second kappa shape index (κ2) is 29.3. The third kappa shape index (κ3) is 105. The Morgan fingerprint density at radius 3 is 0.923 bits per heavy atom. The van der Waals surface area contributed by atoms with Crippen molar-refractivity contribution < 1.29 is 46.3 Å². The zero-order valence-corrected chi connectivity index (χ0v) is 11.8. The van der Waals surface area contributed by atoms with Gasteiger partial charge < -0.3 is 24.5 Å². The van der Waals surface area contributed by atoms with Gasteiger partial charge in [-0.15, -0.1) is 0 Å². The van der Waals surface area contributed by atoms with Gasteiger partial charge in [-0.3, -0.25) is 0 Å². The maximum atomic E-state index is 8.74. The van der Waals surface area contributed by atoms with Crippen LogP contribution in [0.4, 0.5) is 0 Å².